The standard InChI is InChI=1S/C65H67BN2S/c1-60(2,3)36-22-24-37(25-23-36)67-50-34-47-45(61(4,5)26-28-63(47,8)9)30-41(50)56-57-58-54(55-39-19-15-17-21-53(39)69-59(55)56)42-31-46-48(64(10,11)29-27-62(46,6)7)35-51(42)68(58)52-32-40-38-18-14-16-20-43(38)65(12,13)44(40)33-49(52)66-57/h14-25,30-35,66-67H,26-29H2,1-13H3. The fourth-order valence-electron chi connectivity index (χ4n) is 13.8. The van der Waals surface area contributed by atoms with E-state index >= 15 is 0 Å². The third-order valence-corrected chi connectivity index (χ3v) is 19.5. The number of benzene rings is 7. The summed E-state index contributed by atoms with van der Waals surface area (Å²) in [5.74, 6) is 0. The molecule has 9 aromatic rings. The summed E-state index contributed by atoms with van der Waals surface area (Å²) in [5.41, 5.74) is 25.2. The number of nitrogens with zero attached hydrogens (tertiary/aromatic N) is 1. The lowest BCUT2D eigenvalue weighted by Crippen LogP contribution is -2.38. The van der Waals surface area contributed by atoms with E-state index in [4.69, 9.17) is 0 Å². The summed E-state index contributed by atoms with van der Waals surface area (Å²) < 4.78 is 5.53. The van der Waals surface area contributed by atoms with Crippen molar-refractivity contribution in [3.05, 3.63) is 148 Å². The van der Waals surface area contributed by atoms with Gasteiger partial charge in [-0.15, -0.1) is 11.3 Å². The van der Waals surface area contributed by atoms with Crippen molar-refractivity contribution in [1.29, 1.82) is 0 Å². The van der Waals surface area contributed by atoms with Crippen LogP contribution in [-0.2, 0) is 32.5 Å². The zero-order chi connectivity index (χ0) is 48.1. The number of hydrogen-bond donors (Lipinski definition) is 1. The van der Waals surface area contributed by atoms with E-state index in [-0.39, 0.29) is 32.5 Å². The molecule has 4 heteroatoms. The molecule has 0 bridgehead atoms. The van der Waals surface area contributed by atoms with E-state index < -0.39 is 0 Å². The van der Waals surface area contributed by atoms with Crippen LogP contribution in [-0.4, -0.2) is 11.8 Å². The highest BCUT2D eigenvalue weighted by Crippen LogP contribution is 2.56. The maximum atomic E-state index is 4.15. The van der Waals surface area contributed by atoms with Crippen LogP contribution in [0.25, 0.3) is 69.9 Å². The van der Waals surface area contributed by atoms with Crippen LogP contribution in [0.1, 0.15) is 155 Å². The van der Waals surface area contributed by atoms with E-state index in [1.54, 1.807) is 0 Å². The van der Waals surface area contributed by atoms with Crippen LogP contribution >= 0.6 is 11.3 Å². The van der Waals surface area contributed by atoms with Gasteiger partial charge in [0, 0.05) is 64.5 Å². The molecule has 0 radical (unpaired) electrons. The van der Waals surface area contributed by atoms with Gasteiger partial charge in [-0.05, 0) is 162 Å². The van der Waals surface area contributed by atoms with Crippen LogP contribution in [0.4, 0.5) is 11.4 Å². The highest BCUT2D eigenvalue weighted by atomic mass is 32.1. The Morgan fingerprint density at radius 3 is 1.84 bits per heavy atom. The van der Waals surface area contributed by atoms with Gasteiger partial charge < -0.3 is 9.88 Å². The van der Waals surface area contributed by atoms with Gasteiger partial charge in [0.2, 0.25) is 0 Å². The Balaban J connectivity index is 1.21. The van der Waals surface area contributed by atoms with Gasteiger partial charge in [-0.25, -0.2) is 0 Å². The summed E-state index contributed by atoms with van der Waals surface area (Å²) in [4.78, 5) is 0. The van der Waals surface area contributed by atoms with E-state index in [0.29, 0.717) is 0 Å². The minimum absolute atomic E-state index is 0.0361. The molecular weight excluding hydrogens is 852 g/mol. The van der Waals surface area contributed by atoms with Gasteiger partial charge >= 0.3 is 0 Å². The van der Waals surface area contributed by atoms with Gasteiger partial charge in [0.25, 0.3) is 0 Å². The Bertz CT molecular complexity index is 3730. The number of fused-ring (bicyclic) bond motifs is 14. The Hall–Kier alpha value is -5.58. The van der Waals surface area contributed by atoms with Crippen molar-refractivity contribution in [3.8, 4) is 27.9 Å². The van der Waals surface area contributed by atoms with E-state index in [0.717, 1.165) is 13.0 Å². The first-order valence-electron chi connectivity index (χ1n) is 25.9. The molecule has 3 aliphatic carbocycles. The number of aromatic nitrogens is 1. The highest BCUT2D eigenvalue weighted by molar-refractivity contribution is 7.26. The molecule has 0 saturated carbocycles. The third kappa shape index (κ3) is 6.03. The van der Waals surface area contributed by atoms with Crippen molar-refractivity contribution < 1.29 is 0 Å². The molecule has 2 nitrogen and oxygen atoms in total. The minimum Gasteiger partial charge on any atom is -0.355 e. The van der Waals surface area contributed by atoms with Crippen molar-refractivity contribution in [2.24, 2.45) is 0 Å². The van der Waals surface area contributed by atoms with Crippen LogP contribution in [0.2, 0.25) is 0 Å². The zero-order valence-corrected chi connectivity index (χ0v) is 44.1. The van der Waals surface area contributed by atoms with Gasteiger partial charge in [-0.1, -0.05) is 156 Å². The second kappa shape index (κ2) is 13.8. The molecule has 13 rings (SSSR count). The number of hydrogen-bond acceptors (Lipinski definition) is 2. The average Bonchev–Trinajstić information content (AvgIpc) is 3.92. The van der Waals surface area contributed by atoms with E-state index in [9.17, 15) is 0 Å². The summed E-state index contributed by atoms with van der Waals surface area (Å²) in [7, 11) is 0.865. The lowest BCUT2D eigenvalue weighted by Gasteiger charge is -2.42. The quantitative estimate of drug-likeness (QED) is 0.175. The van der Waals surface area contributed by atoms with Crippen molar-refractivity contribution in [2.75, 3.05) is 5.32 Å². The summed E-state index contributed by atoms with van der Waals surface area (Å²) in [6, 6.07) is 43.5. The summed E-state index contributed by atoms with van der Waals surface area (Å²) in [6.45, 7) is 31.7. The Kier molecular flexibility index (Phi) is 8.72. The van der Waals surface area contributed by atoms with Crippen molar-refractivity contribution in [3.63, 3.8) is 0 Å². The molecule has 3 heterocycles. The molecule has 0 fully saturated rings. The SMILES string of the molecule is CC(C)(C)c1ccc(Nc2cc3c(cc2-c2c4c5c(c6cc7c(cc6n5-c5cc6c(cc5B4)C(C)(C)c4ccccc4-6)C(C)(C)CCC7(C)C)c4c2sc2ccccc24)C(C)(C)CCC3(C)C)cc1. The maximum absolute atomic E-state index is 4.15. The third-order valence-electron chi connectivity index (χ3n) is 18.3. The second-order valence-electron chi connectivity index (χ2n) is 25.9. The molecule has 7 aromatic carbocycles. The first-order chi connectivity index (χ1) is 32.5. The van der Waals surface area contributed by atoms with E-state index in [1.165, 1.54) is 151 Å². The first-order valence-corrected chi connectivity index (χ1v) is 26.7. The van der Waals surface area contributed by atoms with Crippen molar-refractivity contribution >= 4 is 82.9 Å². The summed E-state index contributed by atoms with van der Waals surface area (Å²) in [6.07, 6.45) is 4.71. The number of rotatable bonds is 3. The van der Waals surface area contributed by atoms with Crippen LogP contribution in [0.5, 0.6) is 0 Å². The molecule has 1 aliphatic heterocycles. The number of anilines is 2. The normalized spacial score (nSPS) is 18.7. The van der Waals surface area contributed by atoms with Crippen LogP contribution < -0.4 is 16.2 Å². The largest absolute Gasteiger partial charge is 0.355 e. The molecule has 0 unspecified atom stereocenters. The number of nitrogens with one attached hydrogen (secondary N) is 1. The first kappa shape index (κ1) is 43.4. The fourth-order valence-corrected chi connectivity index (χ4v) is 15.1. The van der Waals surface area contributed by atoms with Gasteiger partial charge in [-0.2, -0.15) is 0 Å². The average molecular weight is 919 g/mol. The van der Waals surface area contributed by atoms with Crippen LogP contribution in [0.15, 0.2) is 109 Å². The minimum atomic E-state index is -0.0985. The predicted octanol–water partition coefficient (Wildman–Crippen LogP) is 16.6. The topological polar surface area (TPSA) is 17.0 Å². The van der Waals surface area contributed by atoms with Gasteiger partial charge in [-0.3, -0.25) is 0 Å². The smallest absolute Gasteiger partial charge is 0.198 e. The van der Waals surface area contributed by atoms with E-state index in [2.05, 4.69) is 209 Å². The molecule has 0 atom stereocenters. The molecule has 0 amide bonds. The molecule has 1 N–H and O–H groups in total. The molecule has 69 heavy (non-hydrogen) atoms. The Labute approximate surface area is 414 Å². The van der Waals surface area contributed by atoms with Crippen LogP contribution in [0.3, 0.4) is 0 Å². The second-order valence-corrected chi connectivity index (χ2v) is 27.0. The van der Waals surface area contributed by atoms with Gasteiger partial charge in [0.15, 0.2) is 7.28 Å². The summed E-state index contributed by atoms with van der Waals surface area (Å²) in [5, 5.41) is 9.75. The lowest BCUT2D eigenvalue weighted by atomic mass is 9.57. The fraction of sp³-hybridized carbons (Fsp3) is 0.354. The molecule has 0 spiro atoms. The Morgan fingerprint density at radius 1 is 0.551 bits per heavy atom. The molecule has 0 saturated heterocycles. The van der Waals surface area contributed by atoms with Crippen molar-refractivity contribution in [1.82, 2.24) is 4.57 Å². The van der Waals surface area contributed by atoms with Crippen LogP contribution in [0, 0.1) is 0 Å². The van der Waals surface area contributed by atoms with Gasteiger partial charge in [0.1, 0.15) is 0 Å². The molecule has 2 aromatic heterocycles. The van der Waals surface area contributed by atoms with E-state index in [1.807, 2.05) is 11.3 Å². The molecule has 346 valence electrons. The van der Waals surface area contributed by atoms with Gasteiger partial charge in [0.05, 0.1) is 5.52 Å². The monoisotopic (exact) mass is 919 g/mol. The Morgan fingerprint density at radius 2 is 1.16 bits per heavy atom. The molecule has 4 aliphatic rings. The zero-order valence-electron chi connectivity index (χ0n) is 43.3. The lowest BCUT2D eigenvalue weighted by molar-refractivity contribution is 0.332. The molecular formula is C65H67BN2S. The number of thiophene rings is 1. The predicted molar refractivity (Wildman–Crippen MR) is 302 cm³/mol. The summed E-state index contributed by atoms with van der Waals surface area (Å²) >= 11 is 2.01. The maximum Gasteiger partial charge on any atom is 0.198 e. The highest BCUT2D eigenvalue weighted by Gasteiger charge is 2.43. The van der Waals surface area contributed by atoms with Crippen molar-refractivity contribution in [2.45, 2.75) is 148 Å².